The van der Waals surface area contributed by atoms with E-state index in [2.05, 4.69) is 25.6 Å². The molecule has 152 valence electrons. The average Bonchev–Trinajstić information content (AvgIpc) is 3.11. The maximum Gasteiger partial charge on any atom is 0.242 e. The summed E-state index contributed by atoms with van der Waals surface area (Å²) < 4.78 is 28.0. The molecule has 2 aromatic carbocycles. The van der Waals surface area contributed by atoms with Gasteiger partial charge in [-0.15, -0.1) is 5.10 Å². The highest BCUT2D eigenvalue weighted by Gasteiger charge is 2.24. The van der Waals surface area contributed by atoms with Gasteiger partial charge in [0, 0.05) is 19.3 Å². The molecular weight excluding hydrogens is 412 g/mol. The van der Waals surface area contributed by atoms with Crippen molar-refractivity contribution in [3.05, 3.63) is 60.2 Å². The van der Waals surface area contributed by atoms with E-state index in [-0.39, 0.29) is 10.8 Å². The van der Waals surface area contributed by atoms with E-state index in [4.69, 9.17) is 0 Å². The molecule has 1 amide bonds. The Bertz CT molecular complexity index is 1070. The Morgan fingerprint density at radius 1 is 1.14 bits per heavy atom. The van der Waals surface area contributed by atoms with Crippen LogP contribution in [0.5, 0.6) is 0 Å². The second-order valence-corrected chi connectivity index (χ2v) is 8.85. The van der Waals surface area contributed by atoms with E-state index >= 15 is 0 Å². The first-order chi connectivity index (χ1) is 13.9. The second-order valence-electron chi connectivity index (χ2n) is 6.01. The SMILES string of the molecule is CCNS(=O)(=O)c1ccc(NC(=O)[C@H](Sc2nnnn2C)c2ccccc2)cc1. The van der Waals surface area contributed by atoms with Crippen LogP contribution in [0.25, 0.3) is 0 Å². The molecule has 0 radical (unpaired) electrons. The number of sulfonamides is 1. The molecule has 11 heteroatoms. The number of carbonyl (C=O) groups excluding carboxylic acids is 1. The summed E-state index contributed by atoms with van der Waals surface area (Å²) in [5, 5.41) is 14.1. The number of amides is 1. The van der Waals surface area contributed by atoms with Crippen molar-refractivity contribution < 1.29 is 13.2 Å². The van der Waals surface area contributed by atoms with Gasteiger partial charge in [-0.1, -0.05) is 49.0 Å². The van der Waals surface area contributed by atoms with Crippen LogP contribution < -0.4 is 10.0 Å². The first-order valence-electron chi connectivity index (χ1n) is 8.75. The molecular formula is C18H20N6O3S2. The van der Waals surface area contributed by atoms with Crippen LogP contribution in [0.15, 0.2) is 64.6 Å². The van der Waals surface area contributed by atoms with Gasteiger partial charge in [-0.2, -0.15) is 0 Å². The topological polar surface area (TPSA) is 119 Å². The minimum Gasteiger partial charge on any atom is -0.325 e. The summed E-state index contributed by atoms with van der Waals surface area (Å²) >= 11 is 1.23. The Hall–Kier alpha value is -2.76. The van der Waals surface area contributed by atoms with Crippen molar-refractivity contribution in [3.63, 3.8) is 0 Å². The van der Waals surface area contributed by atoms with Crippen LogP contribution in [0.4, 0.5) is 5.69 Å². The molecule has 2 N–H and O–H groups in total. The highest BCUT2D eigenvalue weighted by Crippen LogP contribution is 2.34. The van der Waals surface area contributed by atoms with Gasteiger partial charge in [0.2, 0.25) is 21.1 Å². The molecule has 0 aliphatic carbocycles. The van der Waals surface area contributed by atoms with Crippen molar-refractivity contribution in [2.24, 2.45) is 7.05 Å². The average molecular weight is 433 g/mol. The van der Waals surface area contributed by atoms with Gasteiger partial charge in [0.05, 0.1) is 4.90 Å². The Balaban J connectivity index is 1.80. The number of thioether (sulfide) groups is 1. The molecule has 0 bridgehead atoms. The van der Waals surface area contributed by atoms with Crippen LogP contribution in [0, 0.1) is 0 Å². The normalized spacial score (nSPS) is 12.5. The number of aryl methyl sites for hydroxylation is 1. The van der Waals surface area contributed by atoms with Crippen LogP contribution in [-0.2, 0) is 21.9 Å². The molecule has 0 saturated carbocycles. The molecule has 3 aromatic rings. The summed E-state index contributed by atoms with van der Waals surface area (Å²) in [6, 6.07) is 15.3. The highest BCUT2D eigenvalue weighted by atomic mass is 32.2. The van der Waals surface area contributed by atoms with Crippen molar-refractivity contribution in [3.8, 4) is 0 Å². The summed E-state index contributed by atoms with van der Waals surface area (Å²) in [5.41, 5.74) is 1.28. The van der Waals surface area contributed by atoms with Crippen molar-refractivity contribution in [2.45, 2.75) is 22.2 Å². The maximum absolute atomic E-state index is 13.0. The van der Waals surface area contributed by atoms with E-state index in [9.17, 15) is 13.2 Å². The van der Waals surface area contributed by atoms with E-state index in [0.717, 1.165) is 5.56 Å². The fraction of sp³-hybridized carbons (Fsp3) is 0.222. The zero-order chi connectivity index (χ0) is 20.9. The van der Waals surface area contributed by atoms with Gasteiger partial charge in [-0.3, -0.25) is 4.79 Å². The lowest BCUT2D eigenvalue weighted by Gasteiger charge is -2.16. The van der Waals surface area contributed by atoms with Crippen LogP contribution in [0.3, 0.4) is 0 Å². The summed E-state index contributed by atoms with van der Waals surface area (Å²) in [6.07, 6.45) is 0. The minimum atomic E-state index is -3.55. The van der Waals surface area contributed by atoms with Crippen LogP contribution in [-0.4, -0.2) is 41.1 Å². The summed E-state index contributed by atoms with van der Waals surface area (Å²) in [7, 11) is -1.85. The predicted molar refractivity (Wildman–Crippen MR) is 110 cm³/mol. The lowest BCUT2D eigenvalue weighted by molar-refractivity contribution is -0.115. The lowest BCUT2D eigenvalue weighted by atomic mass is 10.1. The first-order valence-corrected chi connectivity index (χ1v) is 11.1. The monoisotopic (exact) mass is 432 g/mol. The van der Waals surface area contributed by atoms with Crippen molar-refractivity contribution in [1.82, 2.24) is 24.9 Å². The first kappa shape index (κ1) is 21.0. The molecule has 1 atom stereocenters. The van der Waals surface area contributed by atoms with Gasteiger partial charge in [0.15, 0.2) is 0 Å². The van der Waals surface area contributed by atoms with E-state index in [1.54, 1.807) is 26.1 Å². The molecule has 1 aromatic heterocycles. The molecule has 0 spiro atoms. The molecule has 29 heavy (non-hydrogen) atoms. The number of tetrazole rings is 1. The molecule has 0 saturated heterocycles. The number of hydrogen-bond donors (Lipinski definition) is 2. The zero-order valence-electron chi connectivity index (χ0n) is 15.8. The molecule has 0 aliphatic rings. The van der Waals surface area contributed by atoms with Gasteiger partial charge in [-0.05, 0) is 40.3 Å². The van der Waals surface area contributed by atoms with Crippen LogP contribution in [0.1, 0.15) is 17.7 Å². The quantitative estimate of drug-likeness (QED) is 0.522. The summed E-state index contributed by atoms with van der Waals surface area (Å²) in [5.74, 6) is -0.272. The third-order valence-electron chi connectivity index (χ3n) is 3.91. The van der Waals surface area contributed by atoms with E-state index in [1.165, 1.54) is 28.6 Å². The molecule has 1 heterocycles. The number of anilines is 1. The van der Waals surface area contributed by atoms with Gasteiger partial charge in [0.1, 0.15) is 5.25 Å². The smallest absolute Gasteiger partial charge is 0.242 e. The number of aromatic nitrogens is 4. The van der Waals surface area contributed by atoms with Gasteiger partial charge in [-0.25, -0.2) is 17.8 Å². The van der Waals surface area contributed by atoms with Gasteiger partial charge < -0.3 is 5.32 Å². The standard InChI is InChI=1S/C18H20N6O3S2/c1-3-19-29(26,27)15-11-9-14(10-12-15)20-17(25)16(13-7-5-4-6-8-13)28-18-21-22-23-24(18)2/h4-12,16,19H,3H2,1-2H3,(H,20,25)/t16-/m1/s1. The number of benzene rings is 2. The Labute approximate surface area is 172 Å². The summed E-state index contributed by atoms with van der Waals surface area (Å²) in [6.45, 7) is 2.01. The number of nitrogens with zero attached hydrogens (tertiary/aromatic N) is 4. The predicted octanol–water partition coefficient (Wildman–Crippen LogP) is 1.98. The van der Waals surface area contributed by atoms with Crippen molar-refractivity contribution in [1.29, 1.82) is 0 Å². The third-order valence-corrected chi connectivity index (χ3v) is 6.75. The second kappa shape index (κ2) is 9.16. The third kappa shape index (κ3) is 5.19. The molecule has 0 unspecified atom stereocenters. The molecule has 0 aliphatic heterocycles. The molecule has 3 rings (SSSR count). The molecule has 0 fully saturated rings. The lowest BCUT2D eigenvalue weighted by Crippen LogP contribution is -2.23. The molecule has 9 nitrogen and oxygen atoms in total. The number of hydrogen-bond acceptors (Lipinski definition) is 7. The van der Waals surface area contributed by atoms with E-state index in [0.29, 0.717) is 17.4 Å². The number of nitrogens with one attached hydrogen (secondary N) is 2. The fourth-order valence-corrected chi connectivity index (χ4v) is 4.51. The van der Waals surface area contributed by atoms with Gasteiger partial charge >= 0.3 is 0 Å². The van der Waals surface area contributed by atoms with Gasteiger partial charge in [0.25, 0.3) is 0 Å². The number of carbonyl (C=O) groups is 1. The highest BCUT2D eigenvalue weighted by molar-refractivity contribution is 8.00. The van der Waals surface area contributed by atoms with E-state index in [1.807, 2.05) is 30.3 Å². The Morgan fingerprint density at radius 3 is 2.41 bits per heavy atom. The van der Waals surface area contributed by atoms with Crippen molar-refractivity contribution in [2.75, 3.05) is 11.9 Å². The summed E-state index contributed by atoms with van der Waals surface area (Å²) in [4.78, 5) is 13.1. The van der Waals surface area contributed by atoms with E-state index < -0.39 is 15.3 Å². The van der Waals surface area contributed by atoms with Crippen molar-refractivity contribution >= 4 is 33.4 Å². The Morgan fingerprint density at radius 2 is 1.83 bits per heavy atom. The fourth-order valence-electron chi connectivity index (χ4n) is 2.53. The minimum absolute atomic E-state index is 0.136. The zero-order valence-corrected chi connectivity index (χ0v) is 17.4. The van der Waals surface area contributed by atoms with Crippen LogP contribution in [0.2, 0.25) is 0 Å². The maximum atomic E-state index is 13.0. The van der Waals surface area contributed by atoms with Crippen LogP contribution >= 0.6 is 11.8 Å². The Kier molecular flexibility index (Phi) is 6.62. The number of rotatable bonds is 8. The largest absolute Gasteiger partial charge is 0.325 e.